The van der Waals surface area contributed by atoms with Crippen LogP contribution in [0.5, 0.6) is 5.75 Å². The average molecular weight is 413 g/mol. The highest BCUT2D eigenvalue weighted by Crippen LogP contribution is 2.30. The fraction of sp³-hybridized carbons (Fsp3) is 0.294. The second-order valence-electron chi connectivity index (χ2n) is 5.27. The number of nitrogens with two attached hydrogens (primary N) is 1. The van der Waals surface area contributed by atoms with E-state index in [0.717, 1.165) is 37.8 Å². The van der Waals surface area contributed by atoms with E-state index in [4.69, 9.17) is 10.5 Å². The van der Waals surface area contributed by atoms with E-state index in [1.54, 1.807) is 0 Å². The summed E-state index contributed by atoms with van der Waals surface area (Å²) in [6.45, 7) is 4.61. The number of rotatable bonds is 5. The lowest BCUT2D eigenvalue weighted by atomic mass is 10.0. The summed E-state index contributed by atoms with van der Waals surface area (Å²) in [5, 5.41) is 0. The third kappa shape index (κ3) is 4.56. The van der Waals surface area contributed by atoms with Crippen LogP contribution in [-0.4, -0.2) is 6.04 Å². The molecule has 21 heavy (non-hydrogen) atoms. The summed E-state index contributed by atoms with van der Waals surface area (Å²) in [5.41, 5.74) is 9.34. The van der Waals surface area contributed by atoms with Crippen LogP contribution in [-0.2, 0) is 13.0 Å². The molecule has 0 spiro atoms. The molecule has 2 nitrogen and oxygen atoms in total. The van der Waals surface area contributed by atoms with Crippen molar-refractivity contribution in [2.75, 3.05) is 0 Å². The molecule has 1 atom stereocenters. The quantitative estimate of drug-likeness (QED) is 0.750. The molecule has 0 bridgehead atoms. The second-order valence-corrected chi connectivity index (χ2v) is 7.04. The molecule has 0 aliphatic carbocycles. The molecule has 0 fully saturated rings. The molecule has 0 saturated heterocycles. The number of ether oxygens (including phenoxy) is 1. The fourth-order valence-corrected chi connectivity index (χ4v) is 3.29. The minimum atomic E-state index is 0.101. The molecule has 0 heterocycles. The summed E-state index contributed by atoms with van der Waals surface area (Å²) >= 11 is 7.09. The Morgan fingerprint density at radius 2 is 1.86 bits per heavy atom. The molecule has 2 N–H and O–H groups in total. The molecule has 112 valence electrons. The molecular weight excluding hydrogens is 394 g/mol. The van der Waals surface area contributed by atoms with Crippen molar-refractivity contribution in [2.45, 2.75) is 32.9 Å². The molecule has 1 unspecified atom stereocenters. The van der Waals surface area contributed by atoms with Crippen LogP contribution < -0.4 is 10.5 Å². The first-order chi connectivity index (χ1) is 9.97. The summed E-state index contributed by atoms with van der Waals surface area (Å²) < 4.78 is 8.21. The van der Waals surface area contributed by atoms with Gasteiger partial charge in [-0.05, 0) is 49.6 Å². The molecule has 0 aliphatic rings. The van der Waals surface area contributed by atoms with Crippen LogP contribution in [0, 0.1) is 6.92 Å². The lowest BCUT2D eigenvalue weighted by molar-refractivity contribution is 0.299. The lowest BCUT2D eigenvalue weighted by Gasteiger charge is -2.17. The van der Waals surface area contributed by atoms with E-state index in [0.29, 0.717) is 6.61 Å². The van der Waals surface area contributed by atoms with Crippen molar-refractivity contribution in [3.63, 3.8) is 0 Å². The maximum Gasteiger partial charge on any atom is 0.126 e. The van der Waals surface area contributed by atoms with E-state index in [-0.39, 0.29) is 6.04 Å². The van der Waals surface area contributed by atoms with Gasteiger partial charge in [0.2, 0.25) is 0 Å². The van der Waals surface area contributed by atoms with Crippen molar-refractivity contribution in [3.8, 4) is 5.75 Å². The van der Waals surface area contributed by atoms with Crippen LogP contribution in [0.3, 0.4) is 0 Å². The fourth-order valence-electron chi connectivity index (χ4n) is 2.27. The highest BCUT2D eigenvalue weighted by Gasteiger charge is 2.11. The minimum absolute atomic E-state index is 0.101. The molecule has 2 aromatic carbocycles. The van der Waals surface area contributed by atoms with Crippen molar-refractivity contribution >= 4 is 31.9 Å². The number of benzene rings is 2. The Balaban J connectivity index is 2.24. The Labute approximate surface area is 143 Å². The molecule has 0 radical (unpaired) electrons. The highest BCUT2D eigenvalue weighted by atomic mass is 79.9. The topological polar surface area (TPSA) is 35.2 Å². The highest BCUT2D eigenvalue weighted by molar-refractivity contribution is 9.10. The van der Waals surface area contributed by atoms with Gasteiger partial charge in [0.25, 0.3) is 0 Å². The predicted octanol–water partition coefficient (Wildman–Crippen LogP) is 4.99. The molecule has 0 saturated carbocycles. The summed E-state index contributed by atoms with van der Waals surface area (Å²) in [7, 11) is 0. The predicted molar refractivity (Wildman–Crippen MR) is 94.7 cm³/mol. The molecule has 0 aliphatic heterocycles. The monoisotopic (exact) mass is 411 g/mol. The zero-order chi connectivity index (χ0) is 15.4. The van der Waals surface area contributed by atoms with Gasteiger partial charge in [0.15, 0.2) is 0 Å². The standard InChI is InChI=1S/C17H19Br2NO/c1-11-7-15(18)9-14(8-12(2)20)17(11)21-10-13-5-3-4-6-16(13)19/h3-7,9,12H,8,10,20H2,1-2H3. The van der Waals surface area contributed by atoms with Crippen molar-refractivity contribution in [3.05, 3.63) is 62.0 Å². The van der Waals surface area contributed by atoms with Crippen LogP contribution in [0.1, 0.15) is 23.6 Å². The van der Waals surface area contributed by atoms with Gasteiger partial charge in [-0.3, -0.25) is 0 Å². The second kappa shape index (κ2) is 7.43. The SMILES string of the molecule is Cc1cc(Br)cc(CC(C)N)c1OCc1ccccc1Br. The largest absolute Gasteiger partial charge is 0.488 e. The first kappa shape index (κ1) is 16.5. The smallest absolute Gasteiger partial charge is 0.126 e. The van der Waals surface area contributed by atoms with Crippen molar-refractivity contribution in [1.29, 1.82) is 0 Å². The minimum Gasteiger partial charge on any atom is -0.488 e. The van der Waals surface area contributed by atoms with E-state index in [2.05, 4.69) is 57.0 Å². The Hall–Kier alpha value is -0.840. The third-order valence-electron chi connectivity index (χ3n) is 3.19. The van der Waals surface area contributed by atoms with Gasteiger partial charge in [-0.25, -0.2) is 0 Å². The van der Waals surface area contributed by atoms with E-state index in [9.17, 15) is 0 Å². The summed E-state index contributed by atoms with van der Waals surface area (Å²) in [4.78, 5) is 0. The van der Waals surface area contributed by atoms with Gasteiger partial charge in [-0.1, -0.05) is 50.1 Å². The van der Waals surface area contributed by atoms with Gasteiger partial charge in [0, 0.05) is 20.6 Å². The summed E-state index contributed by atoms with van der Waals surface area (Å²) in [6, 6.07) is 12.4. The third-order valence-corrected chi connectivity index (χ3v) is 4.42. The van der Waals surface area contributed by atoms with E-state index >= 15 is 0 Å². The van der Waals surface area contributed by atoms with Gasteiger partial charge >= 0.3 is 0 Å². The average Bonchev–Trinajstić information content (AvgIpc) is 2.38. The Morgan fingerprint density at radius 1 is 1.14 bits per heavy atom. The molecular formula is C17H19Br2NO. The van der Waals surface area contributed by atoms with Gasteiger partial charge < -0.3 is 10.5 Å². The normalized spacial score (nSPS) is 12.2. The zero-order valence-electron chi connectivity index (χ0n) is 12.2. The van der Waals surface area contributed by atoms with E-state index < -0.39 is 0 Å². The van der Waals surface area contributed by atoms with Gasteiger partial charge in [0.05, 0.1) is 0 Å². The summed E-state index contributed by atoms with van der Waals surface area (Å²) in [5.74, 6) is 0.936. The Kier molecular flexibility index (Phi) is 5.85. The van der Waals surface area contributed by atoms with Crippen LogP contribution in [0.15, 0.2) is 45.3 Å². The maximum atomic E-state index is 6.08. The van der Waals surface area contributed by atoms with Crippen LogP contribution in [0.2, 0.25) is 0 Å². The van der Waals surface area contributed by atoms with E-state index in [1.165, 1.54) is 0 Å². The first-order valence-corrected chi connectivity index (χ1v) is 8.46. The van der Waals surface area contributed by atoms with Crippen molar-refractivity contribution in [1.82, 2.24) is 0 Å². The Morgan fingerprint density at radius 3 is 2.52 bits per heavy atom. The van der Waals surface area contributed by atoms with Gasteiger partial charge in [-0.2, -0.15) is 0 Å². The molecule has 0 amide bonds. The first-order valence-electron chi connectivity index (χ1n) is 6.88. The molecule has 0 aromatic heterocycles. The van der Waals surface area contributed by atoms with Crippen LogP contribution in [0.4, 0.5) is 0 Å². The number of hydrogen-bond donors (Lipinski definition) is 1. The Bertz CT molecular complexity index is 626. The summed E-state index contributed by atoms with van der Waals surface area (Å²) in [6.07, 6.45) is 0.797. The molecule has 2 rings (SSSR count). The van der Waals surface area contributed by atoms with Crippen molar-refractivity contribution < 1.29 is 4.74 Å². The van der Waals surface area contributed by atoms with E-state index in [1.807, 2.05) is 25.1 Å². The zero-order valence-corrected chi connectivity index (χ0v) is 15.4. The maximum absolute atomic E-state index is 6.08. The van der Waals surface area contributed by atoms with Crippen molar-refractivity contribution in [2.24, 2.45) is 5.73 Å². The van der Waals surface area contributed by atoms with Crippen LogP contribution in [0.25, 0.3) is 0 Å². The lowest BCUT2D eigenvalue weighted by Crippen LogP contribution is -2.18. The number of hydrogen-bond acceptors (Lipinski definition) is 2. The van der Waals surface area contributed by atoms with Crippen LogP contribution >= 0.6 is 31.9 Å². The van der Waals surface area contributed by atoms with Gasteiger partial charge in [0.1, 0.15) is 12.4 Å². The van der Waals surface area contributed by atoms with Gasteiger partial charge in [-0.15, -0.1) is 0 Å². The molecule has 2 aromatic rings. The molecule has 4 heteroatoms. The number of halogens is 2. The number of aryl methyl sites for hydroxylation is 1.